The molecule has 0 aliphatic rings. The average Bonchev–Trinajstić information content (AvgIpc) is 3.06. The smallest absolute Gasteiger partial charge is 0.227 e. The van der Waals surface area contributed by atoms with Gasteiger partial charge in [0.25, 0.3) is 0 Å². The topological polar surface area (TPSA) is 68.0 Å². The molecule has 0 bridgehead atoms. The molecule has 25 heavy (non-hydrogen) atoms. The molecule has 1 heterocycles. The second-order valence-corrected chi connectivity index (χ2v) is 5.86. The lowest BCUT2D eigenvalue weighted by Crippen LogP contribution is -2.13. The van der Waals surface area contributed by atoms with E-state index >= 15 is 0 Å². The zero-order valence-electron chi connectivity index (χ0n) is 13.4. The summed E-state index contributed by atoms with van der Waals surface area (Å²) in [6.45, 7) is 1.83. The number of benzene rings is 2. The van der Waals surface area contributed by atoms with Gasteiger partial charge in [0.1, 0.15) is 5.82 Å². The fourth-order valence-electron chi connectivity index (χ4n) is 2.28. The summed E-state index contributed by atoms with van der Waals surface area (Å²) in [5.41, 5.74) is 1.73. The van der Waals surface area contributed by atoms with Gasteiger partial charge in [0.2, 0.25) is 17.6 Å². The van der Waals surface area contributed by atoms with Gasteiger partial charge in [-0.1, -0.05) is 35.0 Å². The summed E-state index contributed by atoms with van der Waals surface area (Å²) in [5, 5.41) is 7.14. The van der Waals surface area contributed by atoms with Gasteiger partial charge >= 0.3 is 0 Å². The third-order valence-corrected chi connectivity index (χ3v) is 4.10. The van der Waals surface area contributed by atoms with Gasteiger partial charge < -0.3 is 9.84 Å². The second-order valence-electron chi connectivity index (χ2n) is 5.45. The number of hydrogen-bond donors (Lipinski definition) is 1. The maximum absolute atomic E-state index is 13.7. The molecule has 0 unspecified atom stereocenters. The number of carbonyl (C=O) groups excluding carboxylic acids is 1. The number of rotatable bonds is 5. The van der Waals surface area contributed by atoms with Crippen LogP contribution in [-0.4, -0.2) is 16.0 Å². The van der Waals surface area contributed by atoms with Crippen molar-refractivity contribution in [2.75, 3.05) is 5.32 Å². The first-order chi connectivity index (χ1) is 12.0. The molecule has 0 atom stereocenters. The lowest BCUT2D eigenvalue weighted by molar-refractivity contribution is -0.116. The van der Waals surface area contributed by atoms with Crippen LogP contribution in [0.15, 0.2) is 47.0 Å². The fraction of sp³-hybridized carbons (Fsp3) is 0.167. The van der Waals surface area contributed by atoms with E-state index in [2.05, 4.69) is 15.5 Å². The Morgan fingerprint density at radius 1 is 1.24 bits per heavy atom. The van der Waals surface area contributed by atoms with Gasteiger partial charge in [-0.15, -0.1) is 0 Å². The van der Waals surface area contributed by atoms with Crippen molar-refractivity contribution >= 4 is 23.2 Å². The highest BCUT2D eigenvalue weighted by Crippen LogP contribution is 2.23. The Bertz CT molecular complexity index is 911. The molecule has 0 aliphatic heterocycles. The fourth-order valence-corrected chi connectivity index (χ4v) is 2.46. The van der Waals surface area contributed by atoms with E-state index < -0.39 is 5.82 Å². The van der Waals surface area contributed by atoms with Crippen molar-refractivity contribution in [1.29, 1.82) is 0 Å². The van der Waals surface area contributed by atoms with E-state index in [9.17, 15) is 9.18 Å². The first kappa shape index (κ1) is 17.1. The monoisotopic (exact) mass is 359 g/mol. The van der Waals surface area contributed by atoms with Gasteiger partial charge in [-0.2, -0.15) is 4.98 Å². The van der Waals surface area contributed by atoms with E-state index in [-0.39, 0.29) is 36.0 Å². The van der Waals surface area contributed by atoms with Crippen LogP contribution in [0, 0.1) is 12.7 Å². The summed E-state index contributed by atoms with van der Waals surface area (Å²) in [4.78, 5) is 16.2. The average molecular weight is 360 g/mol. The van der Waals surface area contributed by atoms with Crippen LogP contribution >= 0.6 is 11.6 Å². The number of nitrogens with one attached hydrogen (secondary N) is 1. The minimum absolute atomic E-state index is 0.158. The van der Waals surface area contributed by atoms with Gasteiger partial charge in [-0.05, 0) is 36.8 Å². The number of amides is 1. The Morgan fingerprint density at radius 2 is 2.04 bits per heavy atom. The second kappa shape index (κ2) is 7.44. The normalized spacial score (nSPS) is 10.7. The third kappa shape index (κ3) is 4.03. The predicted octanol–water partition coefficient (Wildman–Crippen LogP) is 4.41. The van der Waals surface area contributed by atoms with Crippen molar-refractivity contribution in [2.45, 2.75) is 19.8 Å². The minimum atomic E-state index is -0.427. The van der Waals surface area contributed by atoms with Crippen LogP contribution in [0.5, 0.6) is 0 Å². The highest BCUT2D eigenvalue weighted by atomic mass is 35.5. The van der Waals surface area contributed by atoms with Crippen LogP contribution in [0.3, 0.4) is 0 Å². The van der Waals surface area contributed by atoms with Crippen LogP contribution in [0.4, 0.5) is 10.1 Å². The van der Waals surface area contributed by atoms with E-state index in [0.29, 0.717) is 10.7 Å². The van der Waals surface area contributed by atoms with E-state index in [1.54, 1.807) is 36.4 Å². The highest BCUT2D eigenvalue weighted by Gasteiger charge is 2.14. The van der Waals surface area contributed by atoms with Crippen molar-refractivity contribution in [3.8, 4) is 11.4 Å². The summed E-state index contributed by atoms with van der Waals surface area (Å²) in [6, 6.07) is 11.5. The quantitative estimate of drug-likeness (QED) is 0.732. The minimum Gasteiger partial charge on any atom is -0.339 e. The molecular weight excluding hydrogens is 345 g/mol. The molecule has 0 spiro atoms. The molecule has 128 valence electrons. The van der Waals surface area contributed by atoms with E-state index in [0.717, 1.165) is 5.56 Å². The van der Waals surface area contributed by atoms with Gasteiger partial charge in [0.15, 0.2) is 0 Å². The molecule has 0 saturated heterocycles. The van der Waals surface area contributed by atoms with Crippen molar-refractivity contribution < 1.29 is 13.7 Å². The maximum atomic E-state index is 13.7. The van der Waals surface area contributed by atoms with Gasteiger partial charge in [-0.3, -0.25) is 4.79 Å². The van der Waals surface area contributed by atoms with Crippen LogP contribution in [0.1, 0.15) is 17.9 Å². The molecule has 5 nitrogen and oxygen atoms in total. The van der Waals surface area contributed by atoms with Crippen molar-refractivity contribution in [3.63, 3.8) is 0 Å². The molecule has 0 radical (unpaired) electrons. The number of anilines is 1. The lowest BCUT2D eigenvalue weighted by atomic mass is 10.2. The largest absolute Gasteiger partial charge is 0.339 e. The van der Waals surface area contributed by atoms with Crippen LogP contribution in [0.2, 0.25) is 5.02 Å². The Morgan fingerprint density at radius 3 is 2.84 bits per heavy atom. The predicted molar refractivity (Wildman–Crippen MR) is 92.8 cm³/mol. The SMILES string of the molecule is Cc1c(Cl)cccc1NC(=O)CCc1nc(-c2ccccc2F)no1. The van der Waals surface area contributed by atoms with E-state index in [1.807, 2.05) is 6.92 Å². The summed E-state index contributed by atoms with van der Waals surface area (Å²) >= 11 is 6.03. The number of aromatic nitrogens is 2. The Labute approximate surface area is 148 Å². The van der Waals surface area contributed by atoms with Gasteiger partial charge in [0.05, 0.1) is 5.56 Å². The summed E-state index contributed by atoms with van der Waals surface area (Å²) < 4.78 is 18.8. The molecule has 1 N–H and O–H groups in total. The third-order valence-electron chi connectivity index (χ3n) is 3.69. The van der Waals surface area contributed by atoms with Crippen LogP contribution in [0.25, 0.3) is 11.4 Å². The molecule has 3 aromatic rings. The number of carbonyl (C=O) groups is 1. The van der Waals surface area contributed by atoms with Gasteiger partial charge in [-0.25, -0.2) is 4.39 Å². The number of halogens is 2. The van der Waals surface area contributed by atoms with E-state index in [1.165, 1.54) is 6.07 Å². The van der Waals surface area contributed by atoms with Crippen molar-refractivity contribution in [1.82, 2.24) is 10.1 Å². The van der Waals surface area contributed by atoms with Gasteiger partial charge in [0, 0.05) is 23.6 Å². The van der Waals surface area contributed by atoms with Crippen LogP contribution in [-0.2, 0) is 11.2 Å². The number of hydrogen-bond acceptors (Lipinski definition) is 4. The molecule has 1 aromatic heterocycles. The molecule has 3 rings (SSSR count). The number of aryl methyl sites for hydroxylation is 1. The highest BCUT2D eigenvalue weighted by molar-refractivity contribution is 6.31. The first-order valence-corrected chi connectivity index (χ1v) is 8.05. The molecule has 0 aliphatic carbocycles. The Balaban J connectivity index is 1.62. The summed E-state index contributed by atoms with van der Waals surface area (Å²) in [7, 11) is 0. The Kier molecular flexibility index (Phi) is 5.09. The zero-order chi connectivity index (χ0) is 17.8. The van der Waals surface area contributed by atoms with E-state index in [4.69, 9.17) is 16.1 Å². The molecular formula is C18H15ClFN3O2. The summed E-state index contributed by atoms with van der Waals surface area (Å²) in [6.07, 6.45) is 0.414. The molecule has 7 heteroatoms. The van der Waals surface area contributed by atoms with Crippen molar-refractivity contribution in [3.05, 3.63) is 64.8 Å². The molecule has 0 saturated carbocycles. The number of nitrogens with zero attached hydrogens (tertiary/aromatic N) is 2. The maximum Gasteiger partial charge on any atom is 0.227 e. The summed E-state index contributed by atoms with van der Waals surface area (Å²) in [5.74, 6) is -0.185. The lowest BCUT2D eigenvalue weighted by Gasteiger charge is -2.08. The molecule has 0 fully saturated rings. The molecule has 1 amide bonds. The molecule has 2 aromatic carbocycles. The standard InChI is InChI=1S/C18H15ClFN3O2/c1-11-13(19)6-4-8-15(11)21-16(24)9-10-17-22-18(23-25-17)12-5-2-3-7-14(12)20/h2-8H,9-10H2,1H3,(H,21,24). The zero-order valence-corrected chi connectivity index (χ0v) is 14.2. The van der Waals surface area contributed by atoms with Crippen molar-refractivity contribution in [2.24, 2.45) is 0 Å². The first-order valence-electron chi connectivity index (χ1n) is 7.67. The Hall–Kier alpha value is -2.73. The van der Waals surface area contributed by atoms with Crippen LogP contribution < -0.4 is 5.32 Å².